The lowest BCUT2D eigenvalue weighted by Gasteiger charge is -2.34. The first-order chi connectivity index (χ1) is 16.2. The summed E-state index contributed by atoms with van der Waals surface area (Å²) in [5.74, 6) is 0.130. The van der Waals surface area contributed by atoms with Crippen molar-refractivity contribution in [1.82, 2.24) is 5.32 Å². The number of carbonyl (C=O) groups excluding carboxylic acids is 2. The third kappa shape index (κ3) is 12.2. The lowest BCUT2D eigenvalue weighted by atomic mass is 10.1. The van der Waals surface area contributed by atoms with Crippen LogP contribution in [0, 0.1) is 0 Å². The zero-order chi connectivity index (χ0) is 25.5. The van der Waals surface area contributed by atoms with Crippen LogP contribution in [0.2, 0.25) is 0 Å². The van der Waals surface area contributed by atoms with E-state index in [0.29, 0.717) is 22.8 Å². The fourth-order valence-electron chi connectivity index (χ4n) is 3.29. The summed E-state index contributed by atoms with van der Waals surface area (Å²) in [7, 11) is -5.19. The van der Waals surface area contributed by atoms with Crippen LogP contribution in [-0.2, 0) is 27.8 Å². The molecule has 0 spiro atoms. The molecule has 0 saturated heterocycles. The van der Waals surface area contributed by atoms with E-state index in [4.69, 9.17) is 8.37 Å². The van der Waals surface area contributed by atoms with Gasteiger partial charge in [-0.3, -0.25) is 8.98 Å². The predicted octanol–water partition coefficient (Wildman–Crippen LogP) is 5.27. The zero-order valence-electron chi connectivity index (χ0n) is 21.0. The van der Waals surface area contributed by atoms with Gasteiger partial charge >= 0.3 is 16.4 Å². The van der Waals surface area contributed by atoms with Crippen molar-refractivity contribution >= 4 is 32.6 Å². The fourth-order valence-corrected chi connectivity index (χ4v) is 7.35. The molecule has 0 saturated carbocycles. The van der Waals surface area contributed by atoms with Gasteiger partial charge in [0.2, 0.25) is 5.91 Å². The summed E-state index contributed by atoms with van der Waals surface area (Å²) in [4.78, 5) is 24.7. The van der Waals surface area contributed by atoms with Gasteiger partial charge in [0.25, 0.3) is 0 Å². The number of carbonyl (C=O) groups is 2. The van der Waals surface area contributed by atoms with Gasteiger partial charge in [-0.05, 0) is 43.4 Å². The average Bonchev–Trinajstić information content (AvgIpc) is 2.81. The van der Waals surface area contributed by atoms with E-state index < -0.39 is 26.7 Å². The maximum atomic E-state index is 12.1. The van der Waals surface area contributed by atoms with Gasteiger partial charge in [0.1, 0.15) is 12.3 Å². The molecular formula is C24H41NO7S2. The van der Waals surface area contributed by atoms with E-state index in [9.17, 15) is 18.0 Å². The zero-order valence-corrected chi connectivity index (χ0v) is 22.6. The molecule has 1 aromatic rings. The van der Waals surface area contributed by atoms with Crippen molar-refractivity contribution in [2.75, 3.05) is 25.7 Å². The van der Waals surface area contributed by atoms with E-state index in [1.54, 1.807) is 30.5 Å². The van der Waals surface area contributed by atoms with Crippen molar-refractivity contribution in [3.8, 4) is 5.75 Å². The molecule has 1 rings (SSSR count). The highest BCUT2D eigenvalue weighted by atomic mass is 32.3. The van der Waals surface area contributed by atoms with E-state index in [1.165, 1.54) is 25.7 Å². The van der Waals surface area contributed by atoms with Crippen LogP contribution in [0.15, 0.2) is 29.2 Å². The van der Waals surface area contributed by atoms with E-state index in [2.05, 4.69) is 16.4 Å². The number of ether oxygens (including phenoxy) is 1. The standard InChI is InChI=1S/C24H41NO7S2/c1-5-7-9-10-11-12-13-14-23(26)25-20-24(27)31-21-15-17-22(18-16-21)33(4,19-8-6-2)32-34(28,29)30-3/h15-18H,5-14,19-20H2,1-4H3,(H,25,26). The molecule has 0 radical (unpaired) electrons. The summed E-state index contributed by atoms with van der Waals surface area (Å²) in [5, 5.41) is 2.59. The first kappa shape index (κ1) is 30.4. The Labute approximate surface area is 207 Å². The highest BCUT2D eigenvalue weighted by Crippen LogP contribution is 2.55. The van der Waals surface area contributed by atoms with Crippen molar-refractivity contribution in [2.45, 2.75) is 83.0 Å². The van der Waals surface area contributed by atoms with Crippen molar-refractivity contribution in [3.63, 3.8) is 0 Å². The number of hydrogen-bond donors (Lipinski definition) is 1. The third-order valence-electron chi connectivity index (χ3n) is 5.32. The summed E-state index contributed by atoms with van der Waals surface area (Å²) in [6.07, 6.45) is 11.7. The Morgan fingerprint density at radius 1 is 0.882 bits per heavy atom. The van der Waals surface area contributed by atoms with Crippen LogP contribution in [0.4, 0.5) is 0 Å². The monoisotopic (exact) mass is 519 g/mol. The highest BCUT2D eigenvalue weighted by molar-refractivity contribution is 8.32. The molecule has 0 aliphatic carbocycles. The second-order valence-corrected chi connectivity index (χ2v) is 12.9. The maximum Gasteiger partial charge on any atom is 0.409 e. The molecule has 0 bridgehead atoms. The molecule has 8 nitrogen and oxygen atoms in total. The van der Waals surface area contributed by atoms with E-state index in [-0.39, 0.29) is 12.5 Å². The number of rotatable bonds is 18. The molecule has 0 heterocycles. The van der Waals surface area contributed by atoms with E-state index in [1.807, 2.05) is 6.92 Å². The largest absolute Gasteiger partial charge is 0.425 e. The van der Waals surface area contributed by atoms with Crippen LogP contribution in [0.1, 0.15) is 78.1 Å². The van der Waals surface area contributed by atoms with Gasteiger partial charge in [-0.2, -0.15) is 12.0 Å². The molecule has 1 N–H and O–H groups in total. The van der Waals surface area contributed by atoms with Gasteiger partial charge < -0.3 is 10.1 Å². The van der Waals surface area contributed by atoms with Crippen LogP contribution in [0.25, 0.3) is 0 Å². The number of nitrogens with one attached hydrogen (secondary N) is 1. The molecule has 0 aliphatic heterocycles. The fraction of sp³-hybridized carbons (Fsp3) is 0.667. The van der Waals surface area contributed by atoms with Crippen molar-refractivity contribution in [1.29, 1.82) is 0 Å². The van der Waals surface area contributed by atoms with Crippen molar-refractivity contribution < 1.29 is 30.6 Å². The molecular weight excluding hydrogens is 478 g/mol. The number of unbranched alkanes of at least 4 members (excludes halogenated alkanes) is 7. The van der Waals surface area contributed by atoms with E-state index in [0.717, 1.165) is 39.2 Å². The molecule has 10 heteroatoms. The van der Waals surface area contributed by atoms with Crippen LogP contribution in [0.5, 0.6) is 5.75 Å². The molecule has 1 atom stereocenters. The predicted molar refractivity (Wildman–Crippen MR) is 136 cm³/mol. The Morgan fingerprint density at radius 3 is 2.06 bits per heavy atom. The Hall–Kier alpha value is -1.62. The number of amides is 1. The first-order valence-electron chi connectivity index (χ1n) is 12.0. The number of hydrogen-bond acceptors (Lipinski definition) is 7. The second kappa shape index (κ2) is 16.1. The summed E-state index contributed by atoms with van der Waals surface area (Å²) in [5.41, 5.74) is 0. The van der Waals surface area contributed by atoms with Gasteiger partial charge in [-0.15, -0.1) is 0 Å². The maximum absolute atomic E-state index is 12.1. The molecule has 0 fully saturated rings. The van der Waals surface area contributed by atoms with Gasteiger partial charge in [-0.25, -0.2) is 4.79 Å². The van der Waals surface area contributed by atoms with Gasteiger partial charge in [0.15, 0.2) is 0 Å². The molecule has 34 heavy (non-hydrogen) atoms. The minimum Gasteiger partial charge on any atom is -0.425 e. The first-order valence-corrected chi connectivity index (χ1v) is 15.5. The molecule has 0 aliphatic rings. The van der Waals surface area contributed by atoms with Crippen LogP contribution >= 0.6 is 10.3 Å². The molecule has 1 unspecified atom stereocenters. The summed E-state index contributed by atoms with van der Waals surface area (Å²) >= 11 is 0. The topological polar surface area (TPSA) is 108 Å². The molecule has 0 aromatic heterocycles. The van der Waals surface area contributed by atoms with Crippen molar-refractivity contribution in [3.05, 3.63) is 24.3 Å². The van der Waals surface area contributed by atoms with Crippen LogP contribution in [0.3, 0.4) is 0 Å². The Balaban J connectivity index is 2.52. The average molecular weight is 520 g/mol. The molecule has 196 valence electrons. The van der Waals surface area contributed by atoms with Crippen LogP contribution in [-0.4, -0.2) is 46.0 Å². The smallest absolute Gasteiger partial charge is 0.409 e. The third-order valence-corrected chi connectivity index (χ3v) is 9.93. The summed E-state index contributed by atoms with van der Waals surface area (Å²) in [6.45, 7) is 4.00. The van der Waals surface area contributed by atoms with Gasteiger partial charge in [0.05, 0.1) is 7.11 Å². The quantitative estimate of drug-likeness (QED) is 0.160. The summed E-state index contributed by atoms with van der Waals surface area (Å²) < 4.78 is 39.0. The SMILES string of the molecule is CCCCCCCCCC(=O)NCC(=O)Oc1ccc(S(C)(CCCC)OS(=O)(=O)OC)cc1. The normalized spacial score (nSPS) is 14.2. The lowest BCUT2D eigenvalue weighted by Crippen LogP contribution is -2.31. The molecule has 1 amide bonds. The van der Waals surface area contributed by atoms with E-state index >= 15 is 0 Å². The Kier molecular flexibility index (Phi) is 14.4. The Bertz CT molecular complexity index is 843. The van der Waals surface area contributed by atoms with Crippen molar-refractivity contribution in [2.24, 2.45) is 0 Å². The number of benzene rings is 1. The minimum atomic E-state index is -4.10. The Morgan fingerprint density at radius 2 is 1.47 bits per heavy atom. The highest BCUT2D eigenvalue weighted by Gasteiger charge is 2.29. The van der Waals surface area contributed by atoms with Crippen LogP contribution < -0.4 is 10.1 Å². The molecule has 1 aromatic carbocycles. The van der Waals surface area contributed by atoms with Gasteiger partial charge in [0, 0.05) is 17.1 Å². The lowest BCUT2D eigenvalue weighted by molar-refractivity contribution is -0.135. The number of esters is 1. The second-order valence-electron chi connectivity index (χ2n) is 8.30. The summed E-state index contributed by atoms with van der Waals surface area (Å²) in [6, 6.07) is 6.57. The minimum absolute atomic E-state index is 0.160. The van der Waals surface area contributed by atoms with Gasteiger partial charge in [-0.1, -0.05) is 69.1 Å².